The Hall–Kier alpha value is -1.76. The number of thiazole rings is 1. The van der Waals surface area contributed by atoms with Crippen molar-refractivity contribution < 1.29 is 9.90 Å². The lowest BCUT2D eigenvalue weighted by Crippen LogP contribution is -2.09. The van der Waals surface area contributed by atoms with Gasteiger partial charge in [-0.2, -0.15) is 4.68 Å². The van der Waals surface area contributed by atoms with Crippen molar-refractivity contribution in [3.8, 4) is 5.13 Å². The molecule has 2 aromatic rings. The third-order valence-corrected chi connectivity index (χ3v) is 4.72. The van der Waals surface area contributed by atoms with Crippen LogP contribution in [-0.2, 0) is 19.3 Å². The molecule has 7 heteroatoms. The Morgan fingerprint density at radius 3 is 2.81 bits per heavy atom. The fourth-order valence-electron chi connectivity index (χ4n) is 2.62. The van der Waals surface area contributed by atoms with E-state index in [0.717, 1.165) is 23.7 Å². The van der Waals surface area contributed by atoms with Gasteiger partial charge in [0.25, 0.3) is 0 Å². The second kappa shape index (κ2) is 5.55. The fraction of sp³-hybridized carbons (Fsp3) is 0.571. The average Bonchev–Trinajstić information content (AvgIpc) is 3.00. The van der Waals surface area contributed by atoms with Gasteiger partial charge in [0.1, 0.15) is 0 Å². The molecular formula is C14H18N4O2S. The summed E-state index contributed by atoms with van der Waals surface area (Å²) in [6.45, 7) is 4.10. The van der Waals surface area contributed by atoms with E-state index in [0.29, 0.717) is 18.0 Å². The number of hydrogen-bond donors (Lipinski definition) is 1. The minimum atomic E-state index is -1.03. The first-order valence-electron chi connectivity index (χ1n) is 7.23. The van der Waals surface area contributed by atoms with Crippen LogP contribution in [0, 0.1) is 5.92 Å². The number of carbonyl (C=O) groups is 1. The van der Waals surface area contributed by atoms with E-state index in [9.17, 15) is 9.90 Å². The first-order valence-corrected chi connectivity index (χ1v) is 8.04. The summed E-state index contributed by atoms with van der Waals surface area (Å²) in [5.41, 5.74) is 1.82. The lowest BCUT2D eigenvalue weighted by molar-refractivity contribution is 0.0689. The van der Waals surface area contributed by atoms with Crippen LogP contribution in [0.2, 0.25) is 0 Å². The predicted molar refractivity (Wildman–Crippen MR) is 79.2 cm³/mol. The monoisotopic (exact) mass is 306 g/mol. The SMILES string of the molecule is CC(C)Cc1c(C(=O)O)nnn1-c1nc2c(s1)CCCC2. The largest absolute Gasteiger partial charge is 0.476 e. The van der Waals surface area contributed by atoms with Gasteiger partial charge >= 0.3 is 5.97 Å². The quantitative estimate of drug-likeness (QED) is 0.938. The molecule has 2 aromatic heterocycles. The van der Waals surface area contributed by atoms with Gasteiger partial charge < -0.3 is 5.11 Å². The molecule has 0 spiro atoms. The van der Waals surface area contributed by atoms with Crippen LogP contribution in [0.4, 0.5) is 0 Å². The van der Waals surface area contributed by atoms with Gasteiger partial charge in [-0.15, -0.1) is 5.10 Å². The molecule has 1 N–H and O–H groups in total. The van der Waals surface area contributed by atoms with E-state index in [-0.39, 0.29) is 5.69 Å². The number of aromatic carboxylic acids is 1. The molecule has 1 aliphatic carbocycles. The molecular weight excluding hydrogens is 288 g/mol. The summed E-state index contributed by atoms with van der Waals surface area (Å²) >= 11 is 1.61. The zero-order valence-electron chi connectivity index (χ0n) is 12.2. The summed E-state index contributed by atoms with van der Waals surface area (Å²) in [6.07, 6.45) is 5.07. The lowest BCUT2D eigenvalue weighted by atomic mass is 10.0. The molecule has 112 valence electrons. The van der Waals surface area contributed by atoms with Crippen LogP contribution in [0.5, 0.6) is 0 Å². The normalized spacial score (nSPS) is 14.4. The molecule has 1 aliphatic rings. The molecule has 0 unspecified atom stereocenters. The molecule has 0 fully saturated rings. The minimum Gasteiger partial charge on any atom is -0.476 e. The summed E-state index contributed by atoms with van der Waals surface area (Å²) in [4.78, 5) is 17.3. The maximum absolute atomic E-state index is 11.3. The Bertz CT molecular complexity index is 651. The van der Waals surface area contributed by atoms with Crippen LogP contribution in [0.1, 0.15) is 53.4 Å². The van der Waals surface area contributed by atoms with Crippen molar-refractivity contribution in [1.29, 1.82) is 0 Å². The van der Waals surface area contributed by atoms with Crippen LogP contribution >= 0.6 is 11.3 Å². The van der Waals surface area contributed by atoms with Gasteiger partial charge in [-0.1, -0.05) is 30.4 Å². The minimum absolute atomic E-state index is 0.0388. The van der Waals surface area contributed by atoms with E-state index in [4.69, 9.17) is 0 Å². The zero-order chi connectivity index (χ0) is 15.0. The van der Waals surface area contributed by atoms with Gasteiger partial charge in [0, 0.05) is 4.88 Å². The van der Waals surface area contributed by atoms with Crippen LogP contribution in [-0.4, -0.2) is 31.1 Å². The summed E-state index contributed by atoms with van der Waals surface area (Å²) in [6, 6.07) is 0. The van der Waals surface area contributed by atoms with Crippen molar-refractivity contribution >= 4 is 17.3 Å². The van der Waals surface area contributed by atoms with Crippen molar-refractivity contribution in [2.24, 2.45) is 5.92 Å². The molecule has 0 bridgehead atoms. The van der Waals surface area contributed by atoms with E-state index in [1.807, 2.05) is 0 Å². The van der Waals surface area contributed by atoms with Crippen molar-refractivity contribution in [1.82, 2.24) is 20.0 Å². The molecule has 0 saturated heterocycles. The van der Waals surface area contributed by atoms with Crippen LogP contribution in [0.3, 0.4) is 0 Å². The Kier molecular flexibility index (Phi) is 3.75. The smallest absolute Gasteiger partial charge is 0.358 e. The van der Waals surface area contributed by atoms with Gasteiger partial charge in [0.05, 0.1) is 11.4 Å². The highest BCUT2D eigenvalue weighted by molar-refractivity contribution is 7.14. The Morgan fingerprint density at radius 2 is 2.14 bits per heavy atom. The molecule has 0 saturated carbocycles. The number of fused-ring (bicyclic) bond motifs is 1. The van der Waals surface area contributed by atoms with E-state index in [2.05, 4.69) is 29.1 Å². The highest BCUT2D eigenvalue weighted by atomic mass is 32.1. The van der Waals surface area contributed by atoms with E-state index < -0.39 is 5.97 Å². The van der Waals surface area contributed by atoms with Crippen molar-refractivity contribution in [2.75, 3.05) is 0 Å². The molecule has 0 radical (unpaired) electrons. The number of nitrogens with zero attached hydrogens (tertiary/aromatic N) is 4. The predicted octanol–water partition coefficient (Wildman–Crippen LogP) is 2.50. The summed E-state index contributed by atoms with van der Waals surface area (Å²) in [5.74, 6) is -0.701. The van der Waals surface area contributed by atoms with Gasteiger partial charge in [0.15, 0.2) is 5.69 Å². The Balaban J connectivity index is 2.05. The Labute approximate surface area is 126 Å². The topological polar surface area (TPSA) is 80.9 Å². The molecule has 21 heavy (non-hydrogen) atoms. The van der Waals surface area contributed by atoms with Crippen molar-refractivity contribution in [3.05, 3.63) is 22.0 Å². The first-order chi connectivity index (χ1) is 10.1. The maximum atomic E-state index is 11.3. The molecule has 0 aliphatic heterocycles. The molecule has 0 aromatic carbocycles. The van der Waals surface area contributed by atoms with Crippen LogP contribution < -0.4 is 0 Å². The van der Waals surface area contributed by atoms with Gasteiger partial charge in [0.2, 0.25) is 5.13 Å². The molecule has 2 heterocycles. The number of rotatable bonds is 4. The number of carboxylic acids is 1. The summed E-state index contributed by atoms with van der Waals surface area (Å²) < 4.78 is 1.62. The first kappa shape index (κ1) is 14.2. The third kappa shape index (κ3) is 2.70. The number of aryl methyl sites for hydroxylation is 2. The number of aromatic nitrogens is 4. The van der Waals surface area contributed by atoms with Gasteiger partial charge in [-0.05, 0) is 38.0 Å². The highest BCUT2D eigenvalue weighted by Crippen LogP contribution is 2.29. The number of carboxylic acid groups (broad SMARTS) is 1. The van der Waals surface area contributed by atoms with Crippen molar-refractivity contribution in [3.63, 3.8) is 0 Å². The second-order valence-electron chi connectivity index (χ2n) is 5.77. The standard InChI is InChI=1S/C14H18N4O2S/c1-8(2)7-10-12(13(19)20)16-17-18(10)14-15-9-5-3-4-6-11(9)21-14/h8H,3-7H2,1-2H3,(H,19,20). The molecule has 3 rings (SSSR count). The second-order valence-corrected chi connectivity index (χ2v) is 6.84. The van der Waals surface area contributed by atoms with Crippen LogP contribution in [0.25, 0.3) is 5.13 Å². The summed E-state index contributed by atoms with van der Waals surface area (Å²) in [5, 5.41) is 17.9. The van der Waals surface area contributed by atoms with E-state index in [1.165, 1.54) is 17.7 Å². The lowest BCUT2D eigenvalue weighted by Gasteiger charge is -2.06. The molecule has 0 amide bonds. The molecule has 0 atom stereocenters. The van der Waals surface area contributed by atoms with Crippen molar-refractivity contribution in [2.45, 2.75) is 46.0 Å². The van der Waals surface area contributed by atoms with Gasteiger partial charge in [-0.3, -0.25) is 0 Å². The third-order valence-electron chi connectivity index (χ3n) is 3.58. The summed E-state index contributed by atoms with van der Waals surface area (Å²) in [7, 11) is 0. The van der Waals surface area contributed by atoms with Gasteiger partial charge in [-0.25, -0.2) is 9.78 Å². The molecule has 6 nitrogen and oxygen atoms in total. The maximum Gasteiger partial charge on any atom is 0.358 e. The van der Waals surface area contributed by atoms with E-state index >= 15 is 0 Å². The average molecular weight is 306 g/mol. The van der Waals surface area contributed by atoms with E-state index in [1.54, 1.807) is 16.0 Å². The fourth-order valence-corrected chi connectivity index (χ4v) is 3.74. The van der Waals surface area contributed by atoms with Crippen LogP contribution in [0.15, 0.2) is 0 Å². The number of hydrogen-bond acceptors (Lipinski definition) is 5. The zero-order valence-corrected chi connectivity index (χ0v) is 13.0. The Morgan fingerprint density at radius 1 is 1.38 bits per heavy atom. The highest BCUT2D eigenvalue weighted by Gasteiger charge is 2.24.